The minimum atomic E-state index is -0.418. The van der Waals surface area contributed by atoms with Gasteiger partial charge >= 0.3 is 0 Å². The molecule has 1 aliphatic heterocycles. The molecule has 5 rings (SSSR count). The highest BCUT2D eigenvalue weighted by Crippen LogP contribution is 2.29. The molecule has 1 aromatic rings. The molecule has 1 N–H and O–H groups in total. The van der Waals surface area contributed by atoms with Crippen LogP contribution in [0.25, 0.3) is 0 Å². The standard InChI is InChI=1S/C25H36N4O3/c30-23-21(24(31)26-18-10-11-18)16-29(20-6-2-1-3-7-20)17-22(23)25(32)28-14-12-27(13-15-28)19-8-4-5-9-19/h16-20H,1-15H2,(H,26,31). The Hall–Kier alpha value is -2.15. The van der Waals surface area contributed by atoms with E-state index in [0.29, 0.717) is 19.1 Å². The fourth-order valence-corrected chi connectivity index (χ4v) is 5.72. The Morgan fingerprint density at radius 1 is 0.750 bits per heavy atom. The Balaban J connectivity index is 1.38. The van der Waals surface area contributed by atoms with E-state index < -0.39 is 5.43 Å². The van der Waals surface area contributed by atoms with Gasteiger partial charge in [-0.2, -0.15) is 0 Å². The molecule has 7 nitrogen and oxygen atoms in total. The van der Waals surface area contributed by atoms with Crippen LogP contribution in [0, 0.1) is 0 Å². The maximum atomic E-state index is 13.5. The lowest BCUT2D eigenvalue weighted by Crippen LogP contribution is -2.52. The zero-order valence-corrected chi connectivity index (χ0v) is 19.1. The molecule has 2 heterocycles. The van der Waals surface area contributed by atoms with Crippen molar-refractivity contribution in [3.63, 3.8) is 0 Å². The summed E-state index contributed by atoms with van der Waals surface area (Å²) >= 11 is 0. The average molecular weight is 441 g/mol. The highest BCUT2D eigenvalue weighted by molar-refractivity contribution is 5.99. The molecular weight excluding hydrogens is 404 g/mol. The van der Waals surface area contributed by atoms with Gasteiger partial charge in [0.05, 0.1) is 0 Å². The third-order valence-corrected chi connectivity index (χ3v) is 7.87. The molecule has 0 atom stereocenters. The van der Waals surface area contributed by atoms with Gasteiger partial charge in [-0.1, -0.05) is 32.1 Å². The molecule has 0 aromatic carbocycles. The molecule has 0 spiro atoms. The second kappa shape index (κ2) is 9.38. The van der Waals surface area contributed by atoms with Gasteiger partial charge in [-0.05, 0) is 38.5 Å². The maximum absolute atomic E-state index is 13.5. The normalized spacial score (nSPS) is 23.4. The van der Waals surface area contributed by atoms with Gasteiger partial charge in [0.15, 0.2) is 0 Å². The molecule has 0 radical (unpaired) electrons. The lowest BCUT2D eigenvalue weighted by molar-refractivity contribution is 0.0571. The molecule has 32 heavy (non-hydrogen) atoms. The van der Waals surface area contributed by atoms with E-state index >= 15 is 0 Å². The van der Waals surface area contributed by atoms with Crippen molar-refractivity contribution in [1.82, 2.24) is 19.7 Å². The van der Waals surface area contributed by atoms with Crippen LogP contribution in [-0.2, 0) is 0 Å². The molecule has 4 fully saturated rings. The van der Waals surface area contributed by atoms with Crippen LogP contribution in [-0.4, -0.2) is 64.4 Å². The van der Waals surface area contributed by atoms with Crippen molar-refractivity contribution in [3.8, 4) is 0 Å². The third-order valence-electron chi connectivity index (χ3n) is 7.87. The largest absolute Gasteiger partial charge is 0.349 e. The van der Waals surface area contributed by atoms with Crippen LogP contribution >= 0.6 is 0 Å². The van der Waals surface area contributed by atoms with Crippen molar-refractivity contribution in [2.24, 2.45) is 0 Å². The number of hydrogen-bond acceptors (Lipinski definition) is 4. The van der Waals surface area contributed by atoms with Crippen LogP contribution < -0.4 is 10.7 Å². The topological polar surface area (TPSA) is 74.7 Å². The van der Waals surface area contributed by atoms with E-state index in [1.165, 1.54) is 32.1 Å². The Morgan fingerprint density at radius 3 is 2.00 bits per heavy atom. The average Bonchev–Trinajstić information content (AvgIpc) is 3.47. The molecular formula is C25H36N4O3. The molecule has 1 saturated heterocycles. The number of nitrogens with zero attached hydrogens (tertiary/aromatic N) is 3. The minimum Gasteiger partial charge on any atom is -0.349 e. The zero-order valence-electron chi connectivity index (χ0n) is 19.1. The van der Waals surface area contributed by atoms with Gasteiger partial charge in [-0.25, -0.2) is 0 Å². The number of aromatic nitrogens is 1. The van der Waals surface area contributed by atoms with E-state index in [1.807, 2.05) is 9.47 Å². The number of piperazine rings is 1. The molecule has 1 aromatic heterocycles. The second-order valence-corrected chi connectivity index (χ2v) is 10.2. The van der Waals surface area contributed by atoms with Crippen LogP contribution in [0.1, 0.15) is 97.4 Å². The summed E-state index contributed by atoms with van der Waals surface area (Å²) in [7, 11) is 0. The molecule has 0 bridgehead atoms. The third kappa shape index (κ3) is 4.63. The van der Waals surface area contributed by atoms with E-state index in [9.17, 15) is 14.4 Å². The van der Waals surface area contributed by atoms with Crippen LogP contribution in [0.4, 0.5) is 0 Å². The van der Waals surface area contributed by atoms with Crippen LogP contribution in [0.3, 0.4) is 0 Å². The van der Waals surface area contributed by atoms with Crippen LogP contribution in [0.2, 0.25) is 0 Å². The summed E-state index contributed by atoms with van der Waals surface area (Å²) in [4.78, 5) is 43.9. The van der Waals surface area contributed by atoms with E-state index in [1.54, 1.807) is 12.4 Å². The first-order chi connectivity index (χ1) is 15.6. The number of amides is 2. The molecule has 3 saturated carbocycles. The number of nitrogens with one attached hydrogen (secondary N) is 1. The smallest absolute Gasteiger partial charge is 0.259 e. The van der Waals surface area contributed by atoms with Gasteiger partial charge in [0, 0.05) is 56.7 Å². The first-order valence-corrected chi connectivity index (χ1v) is 12.7. The summed E-state index contributed by atoms with van der Waals surface area (Å²) in [6.45, 7) is 3.04. The van der Waals surface area contributed by atoms with Crippen molar-refractivity contribution in [2.75, 3.05) is 26.2 Å². The quantitative estimate of drug-likeness (QED) is 0.764. The first kappa shape index (κ1) is 21.7. The zero-order chi connectivity index (χ0) is 22.1. The van der Waals surface area contributed by atoms with Crippen LogP contribution in [0.15, 0.2) is 17.2 Å². The minimum absolute atomic E-state index is 0.123. The Labute approximate surface area is 190 Å². The lowest BCUT2D eigenvalue weighted by atomic mass is 9.95. The maximum Gasteiger partial charge on any atom is 0.259 e. The van der Waals surface area contributed by atoms with E-state index in [4.69, 9.17) is 0 Å². The molecule has 0 unspecified atom stereocenters. The van der Waals surface area contributed by atoms with Gasteiger partial charge in [-0.15, -0.1) is 0 Å². The first-order valence-electron chi connectivity index (χ1n) is 12.7. The summed E-state index contributed by atoms with van der Waals surface area (Å²) in [5.41, 5.74) is -0.135. The van der Waals surface area contributed by atoms with Gasteiger partial charge < -0.3 is 14.8 Å². The SMILES string of the molecule is O=C(NC1CC1)c1cn(C2CCCCC2)cc(C(=O)N2CCN(C3CCCC3)CC2)c1=O. The summed E-state index contributed by atoms with van der Waals surface area (Å²) in [6.07, 6.45) is 16.1. The van der Waals surface area contributed by atoms with Gasteiger partial charge in [-0.3, -0.25) is 19.3 Å². The molecule has 3 aliphatic carbocycles. The molecule has 7 heteroatoms. The fraction of sp³-hybridized carbons (Fsp3) is 0.720. The molecule has 174 valence electrons. The van der Waals surface area contributed by atoms with Gasteiger partial charge in [0.2, 0.25) is 5.43 Å². The Bertz CT molecular complexity index is 902. The van der Waals surface area contributed by atoms with E-state index in [-0.39, 0.29) is 35.0 Å². The van der Waals surface area contributed by atoms with Crippen molar-refractivity contribution in [2.45, 2.75) is 88.8 Å². The fourth-order valence-electron chi connectivity index (χ4n) is 5.72. The number of carbonyl (C=O) groups excluding carboxylic acids is 2. The Kier molecular flexibility index (Phi) is 6.35. The summed E-state index contributed by atoms with van der Waals surface area (Å²) in [5.74, 6) is -0.547. The van der Waals surface area contributed by atoms with E-state index in [2.05, 4.69) is 10.2 Å². The highest BCUT2D eigenvalue weighted by Gasteiger charge is 2.31. The summed E-state index contributed by atoms with van der Waals surface area (Å²) in [5, 5.41) is 2.94. The monoisotopic (exact) mass is 440 g/mol. The number of carbonyl (C=O) groups is 2. The van der Waals surface area contributed by atoms with Crippen molar-refractivity contribution in [3.05, 3.63) is 33.7 Å². The number of hydrogen-bond donors (Lipinski definition) is 1. The summed E-state index contributed by atoms with van der Waals surface area (Å²) < 4.78 is 1.99. The van der Waals surface area contributed by atoms with Gasteiger partial charge in [0.1, 0.15) is 11.1 Å². The number of pyridine rings is 1. The predicted molar refractivity (Wildman–Crippen MR) is 123 cm³/mol. The van der Waals surface area contributed by atoms with E-state index in [0.717, 1.165) is 51.6 Å². The Morgan fingerprint density at radius 2 is 1.34 bits per heavy atom. The number of rotatable bonds is 5. The van der Waals surface area contributed by atoms with Crippen LogP contribution in [0.5, 0.6) is 0 Å². The van der Waals surface area contributed by atoms with Crippen molar-refractivity contribution >= 4 is 11.8 Å². The van der Waals surface area contributed by atoms with Crippen molar-refractivity contribution < 1.29 is 9.59 Å². The predicted octanol–water partition coefficient (Wildman–Crippen LogP) is 2.95. The second-order valence-electron chi connectivity index (χ2n) is 10.2. The highest BCUT2D eigenvalue weighted by atomic mass is 16.2. The lowest BCUT2D eigenvalue weighted by Gasteiger charge is -2.38. The molecule has 2 amide bonds. The van der Waals surface area contributed by atoms with Crippen molar-refractivity contribution in [1.29, 1.82) is 0 Å². The summed E-state index contributed by atoms with van der Waals surface area (Å²) in [6, 6.07) is 1.08. The molecule has 4 aliphatic rings. The van der Waals surface area contributed by atoms with Gasteiger partial charge in [0.25, 0.3) is 11.8 Å².